The molecular weight excluding hydrogens is 302 g/mol. The first-order valence-corrected chi connectivity index (χ1v) is 5.59. The highest BCUT2D eigenvalue weighted by molar-refractivity contribution is 9.13. The van der Waals surface area contributed by atoms with Crippen molar-refractivity contribution in [3.8, 4) is 0 Å². The molecule has 0 atom stereocenters. The minimum Gasteiger partial charge on any atom is -0.452 e. The van der Waals surface area contributed by atoms with E-state index in [1.165, 1.54) is 0 Å². The summed E-state index contributed by atoms with van der Waals surface area (Å²) in [7, 11) is 0. The zero-order chi connectivity index (χ0) is 9.26. The van der Waals surface area contributed by atoms with Crippen LogP contribution in [0.3, 0.4) is 0 Å². The van der Waals surface area contributed by atoms with Crippen LogP contribution < -0.4 is 5.32 Å². The van der Waals surface area contributed by atoms with Gasteiger partial charge in [-0.05, 0) is 37.9 Å². The first-order chi connectivity index (χ1) is 6.25. The lowest BCUT2D eigenvalue weighted by atomic mass is 10.2. The second kappa shape index (κ2) is 4.13. The maximum Gasteiger partial charge on any atom is 0.183 e. The Kier molecular flexibility index (Phi) is 3.08. The summed E-state index contributed by atoms with van der Waals surface area (Å²) in [5.41, 5.74) is 0. The van der Waals surface area contributed by atoms with E-state index in [9.17, 15) is 0 Å². The predicted octanol–water partition coefficient (Wildman–Crippen LogP) is 2.29. The molecule has 13 heavy (non-hydrogen) atoms. The topological polar surface area (TPSA) is 34.4 Å². The molecule has 1 aromatic heterocycles. The third-order valence-electron chi connectivity index (χ3n) is 1.90. The molecule has 72 valence electrons. The Balaban J connectivity index is 1.86. The van der Waals surface area contributed by atoms with E-state index in [4.69, 9.17) is 9.15 Å². The Morgan fingerprint density at radius 2 is 2.23 bits per heavy atom. The molecule has 1 saturated heterocycles. The summed E-state index contributed by atoms with van der Waals surface area (Å²) in [4.78, 5) is 0. The molecule has 0 bridgehead atoms. The molecule has 1 fully saturated rings. The monoisotopic (exact) mass is 309 g/mol. The van der Waals surface area contributed by atoms with Gasteiger partial charge >= 0.3 is 0 Å². The van der Waals surface area contributed by atoms with Crippen LogP contribution in [-0.2, 0) is 11.3 Å². The zero-order valence-corrected chi connectivity index (χ0v) is 10.0. The Bertz CT molecular complexity index is 277. The lowest BCUT2D eigenvalue weighted by Gasteiger charge is -2.26. The van der Waals surface area contributed by atoms with Crippen LogP contribution >= 0.6 is 31.9 Å². The maximum absolute atomic E-state index is 5.40. The van der Waals surface area contributed by atoms with Crippen molar-refractivity contribution in [1.29, 1.82) is 0 Å². The lowest BCUT2D eigenvalue weighted by Crippen LogP contribution is -2.45. The number of furan rings is 1. The molecular formula is C8H9Br2NO2. The van der Waals surface area contributed by atoms with Crippen molar-refractivity contribution in [2.24, 2.45) is 0 Å². The molecule has 2 rings (SSSR count). The third-order valence-corrected chi connectivity index (χ3v) is 3.61. The van der Waals surface area contributed by atoms with Crippen molar-refractivity contribution in [2.45, 2.75) is 12.6 Å². The van der Waals surface area contributed by atoms with Gasteiger partial charge in [-0.1, -0.05) is 0 Å². The van der Waals surface area contributed by atoms with Crippen LogP contribution in [0.25, 0.3) is 0 Å². The molecule has 0 amide bonds. The van der Waals surface area contributed by atoms with E-state index in [-0.39, 0.29) is 0 Å². The Morgan fingerprint density at radius 3 is 2.69 bits per heavy atom. The van der Waals surface area contributed by atoms with E-state index in [0.717, 1.165) is 34.7 Å². The van der Waals surface area contributed by atoms with Crippen molar-refractivity contribution in [2.75, 3.05) is 13.2 Å². The molecule has 0 saturated carbocycles. The van der Waals surface area contributed by atoms with Crippen molar-refractivity contribution in [3.63, 3.8) is 0 Å². The Labute approximate surface area is 93.1 Å². The van der Waals surface area contributed by atoms with Crippen LogP contribution in [0.1, 0.15) is 5.76 Å². The van der Waals surface area contributed by atoms with Crippen molar-refractivity contribution < 1.29 is 9.15 Å². The third kappa shape index (κ3) is 2.34. The van der Waals surface area contributed by atoms with Gasteiger partial charge in [-0.25, -0.2) is 0 Å². The number of hydrogen-bond donors (Lipinski definition) is 1. The molecule has 1 aliphatic rings. The fourth-order valence-electron chi connectivity index (χ4n) is 1.08. The molecule has 5 heteroatoms. The molecule has 1 aliphatic heterocycles. The molecule has 0 aromatic carbocycles. The quantitative estimate of drug-likeness (QED) is 0.930. The van der Waals surface area contributed by atoms with Gasteiger partial charge in [0.25, 0.3) is 0 Å². The normalized spacial score (nSPS) is 17.4. The molecule has 0 spiro atoms. The highest BCUT2D eigenvalue weighted by atomic mass is 79.9. The molecule has 0 unspecified atom stereocenters. The first kappa shape index (κ1) is 9.71. The fraction of sp³-hybridized carbons (Fsp3) is 0.500. The Morgan fingerprint density at radius 1 is 1.46 bits per heavy atom. The second-order valence-corrected chi connectivity index (χ2v) is 4.52. The zero-order valence-electron chi connectivity index (χ0n) is 6.85. The molecule has 0 aliphatic carbocycles. The van der Waals surface area contributed by atoms with Crippen LogP contribution in [0.5, 0.6) is 0 Å². The van der Waals surface area contributed by atoms with Gasteiger partial charge < -0.3 is 14.5 Å². The van der Waals surface area contributed by atoms with Crippen molar-refractivity contribution >= 4 is 31.9 Å². The minimum absolute atomic E-state index is 0.489. The number of hydrogen-bond acceptors (Lipinski definition) is 3. The molecule has 2 heterocycles. The maximum atomic E-state index is 5.40. The summed E-state index contributed by atoms with van der Waals surface area (Å²) < 4.78 is 12.1. The second-order valence-electron chi connectivity index (χ2n) is 2.95. The smallest absolute Gasteiger partial charge is 0.183 e. The van der Waals surface area contributed by atoms with Gasteiger partial charge in [0.2, 0.25) is 0 Å². The van der Waals surface area contributed by atoms with E-state index in [2.05, 4.69) is 37.2 Å². The van der Waals surface area contributed by atoms with Crippen LogP contribution in [-0.4, -0.2) is 19.3 Å². The number of nitrogens with one attached hydrogen (secondary N) is 1. The van der Waals surface area contributed by atoms with Crippen molar-refractivity contribution in [3.05, 3.63) is 21.0 Å². The Hall–Kier alpha value is 0.160. The van der Waals surface area contributed by atoms with Crippen LogP contribution in [0.15, 0.2) is 19.6 Å². The fourth-order valence-corrected chi connectivity index (χ4v) is 1.74. The summed E-state index contributed by atoms with van der Waals surface area (Å²) in [5, 5.41) is 3.32. The van der Waals surface area contributed by atoms with Gasteiger partial charge in [0, 0.05) is 0 Å². The van der Waals surface area contributed by atoms with Gasteiger partial charge in [-0.15, -0.1) is 0 Å². The number of rotatable bonds is 3. The average Bonchev–Trinajstić information content (AvgIpc) is 2.28. The van der Waals surface area contributed by atoms with Gasteiger partial charge in [0.05, 0.1) is 30.3 Å². The molecule has 0 radical (unpaired) electrons. The summed E-state index contributed by atoms with van der Waals surface area (Å²) in [6.45, 7) is 2.37. The molecule has 1 N–H and O–H groups in total. The molecule has 1 aromatic rings. The van der Waals surface area contributed by atoms with E-state index >= 15 is 0 Å². The standard InChI is InChI=1S/C8H9Br2NO2/c9-7-1-6(13-8(7)10)2-11-5-3-12-4-5/h1,5,11H,2-4H2. The van der Waals surface area contributed by atoms with E-state index in [0.29, 0.717) is 6.04 Å². The van der Waals surface area contributed by atoms with Gasteiger partial charge in [0.1, 0.15) is 5.76 Å². The van der Waals surface area contributed by atoms with Crippen LogP contribution in [0.2, 0.25) is 0 Å². The van der Waals surface area contributed by atoms with Gasteiger partial charge in [-0.3, -0.25) is 0 Å². The highest BCUT2D eigenvalue weighted by Gasteiger charge is 2.17. The van der Waals surface area contributed by atoms with E-state index in [1.54, 1.807) is 0 Å². The largest absolute Gasteiger partial charge is 0.452 e. The van der Waals surface area contributed by atoms with Crippen LogP contribution in [0.4, 0.5) is 0 Å². The summed E-state index contributed by atoms with van der Waals surface area (Å²) in [6, 6.07) is 2.44. The lowest BCUT2D eigenvalue weighted by molar-refractivity contribution is -0.00644. The number of ether oxygens (including phenoxy) is 1. The van der Waals surface area contributed by atoms with Gasteiger partial charge in [-0.2, -0.15) is 0 Å². The SMILES string of the molecule is Brc1cc(CNC2COC2)oc1Br. The van der Waals surface area contributed by atoms with Gasteiger partial charge in [0.15, 0.2) is 4.67 Å². The van der Waals surface area contributed by atoms with Crippen molar-refractivity contribution in [1.82, 2.24) is 5.32 Å². The van der Waals surface area contributed by atoms with E-state index in [1.807, 2.05) is 6.07 Å². The highest BCUT2D eigenvalue weighted by Crippen LogP contribution is 2.26. The molecule has 3 nitrogen and oxygen atoms in total. The summed E-state index contributed by atoms with van der Waals surface area (Å²) in [6.07, 6.45) is 0. The van der Waals surface area contributed by atoms with E-state index < -0.39 is 0 Å². The summed E-state index contributed by atoms with van der Waals surface area (Å²) in [5.74, 6) is 0.922. The van der Waals surface area contributed by atoms with Crippen LogP contribution in [0, 0.1) is 0 Å². The average molecular weight is 311 g/mol. The predicted molar refractivity (Wildman–Crippen MR) is 55.6 cm³/mol. The first-order valence-electron chi connectivity index (χ1n) is 4.00. The number of halogens is 2. The minimum atomic E-state index is 0.489. The summed E-state index contributed by atoms with van der Waals surface area (Å²) >= 11 is 6.65.